The molecule has 106 valence electrons. The fourth-order valence-corrected chi connectivity index (χ4v) is 1.98. The Morgan fingerprint density at radius 3 is 2.75 bits per heavy atom. The van der Waals surface area contributed by atoms with Crippen molar-refractivity contribution in [2.75, 3.05) is 0 Å². The second-order valence-electron chi connectivity index (χ2n) is 4.66. The molecule has 0 spiro atoms. The summed E-state index contributed by atoms with van der Waals surface area (Å²) in [5, 5.41) is 3.17. The first kappa shape index (κ1) is 14.9. The highest BCUT2D eigenvalue weighted by Crippen LogP contribution is 2.30. The Morgan fingerprint density at radius 1 is 1.30 bits per heavy atom. The molecule has 0 atom stereocenters. The Balaban J connectivity index is 2.20. The topological polar surface area (TPSA) is 34.2 Å². The molecule has 0 bridgehead atoms. The van der Waals surface area contributed by atoms with Crippen molar-refractivity contribution in [3.8, 4) is 11.6 Å². The number of para-hydroxylation sites is 1. The standard InChI is InChI=1S/C15H16BrFN2O/c1-10(2)19-9-11-7-8-18-15(14(11)17)20-13-6-4-3-5-12(13)16/h3-8,10,19H,9H2,1-2H3. The zero-order chi connectivity index (χ0) is 14.5. The third-order valence-electron chi connectivity index (χ3n) is 2.68. The maximum absolute atomic E-state index is 14.3. The van der Waals surface area contributed by atoms with Gasteiger partial charge >= 0.3 is 0 Å². The van der Waals surface area contributed by atoms with Crippen molar-refractivity contribution >= 4 is 15.9 Å². The maximum atomic E-state index is 14.3. The number of hydrogen-bond acceptors (Lipinski definition) is 3. The number of ether oxygens (including phenoxy) is 1. The summed E-state index contributed by atoms with van der Waals surface area (Å²) in [7, 11) is 0. The van der Waals surface area contributed by atoms with Gasteiger partial charge in [0.15, 0.2) is 5.82 Å². The summed E-state index contributed by atoms with van der Waals surface area (Å²) in [6.45, 7) is 4.47. The van der Waals surface area contributed by atoms with Gasteiger partial charge in [-0.1, -0.05) is 26.0 Å². The quantitative estimate of drug-likeness (QED) is 0.883. The van der Waals surface area contributed by atoms with Gasteiger partial charge in [0, 0.05) is 24.3 Å². The molecule has 2 rings (SSSR count). The molecule has 2 aromatic rings. The van der Waals surface area contributed by atoms with E-state index in [1.165, 1.54) is 0 Å². The van der Waals surface area contributed by atoms with Gasteiger partial charge in [0.1, 0.15) is 5.75 Å². The van der Waals surface area contributed by atoms with Crippen LogP contribution in [0.2, 0.25) is 0 Å². The Bertz CT molecular complexity index is 590. The molecule has 0 aliphatic rings. The van der Waals surface area contributed by atoms with E-state index in [2.05, 4.69) is 26.2 Å². The fourth-order valence-electron chi connectivity index (χ4n) is 1.62. The smallest absolute Gasteiger partial charge is 0.256 e. The minimum absolute atomic E-state index is 0.0139. The van der Waals surface area contributed by atoms with Gasteiger partial charge in [-0.2, -0.15) is 0 Å². The van der Waals surface area contributed by atoms with Crippen LogP contribution >= 0.6 is 15.9 Å². The summed E-state index contributed by atoms with van der Waals surface area (Å²) in [6, 6.07) is 9.21. The molecule has 0 unspecified atom stereocenters. The fraction of sp³-hybridized carbons (Fsp3) is 0.267. The lowest BCUT2D eigenvalue weighted by molar-refractivity contribution is 0.414. The summed E-state index contributed by atoms with van der Waals surface area (Å²) in [5.41, 5.74) is 0.538. The first-order valence-corrected chi connectivity index (χ1v) is 7.16. The average molecular weight is 339 g/mol. The molecule has 5 heteroatoms. The molecule has 20 heavy (non-hydrogen) atoms. The summed E-state index contributed by atoms with van der Waals surface area (Å²) >= 11 is 3.36. The van der Waals surface area contributed by atoms with Crippen molar-refractivity contribution in [1.29, 1.82) is 0 Å². The third kappa shape index (κ3) is 3.77. The number of aromatic nitrogens is 1. The molecule has 1 N–H and O–H groups in total. The van der Waals surface area contributed by atoms with Gasteiger partial charge in [0.05, 0.1) is 4.47 Å². The lowest BCUT2D eigenvalue weighted by Crippen LogP contribution is -2.22. The van der Waals surface area contributed by atoms with Gasteiger partial charge in [-0.3, -0.25) is 0 Å². The van der Waals surface area contributed by atoms with Gasteiger partial charge in [-0.05, 0) is 34.1 Å². The van der Waals surface area contributed by atoms with Gasteiger partial charge in [0.25, 0.3) is 5.88 Å². The summed E-state index contributed by atoms with van der Waals surface area (Å²) < 4.78 is 20.6. The van der Waals surface area contributed by atoms with Crippen molar-refractivity contribution in [2.24, 2.45) is 0 Å². The van der Waals surface area contributed by atoms with Crippen LogP contribution in [0.5, 0.6) is 11.6 Å². The van der Waals surface area contributed by atoms with Crippen LogP contribution in [0.4, 0.5) is 4.39 Å². The third-order valence-corrected chi connectivity index (χ3v) is 3.34. The molecule has 0 radical (unpaired) electrons. The number of halogens is 2. The maximum Gasteiger partial charge on any atom is 0.256 e. The minimum atomic E-state index is -0.434. The molecule has 1 aromatic heterocycles. The van der Waals surface area contributed by atoms with Crippen molar-refractivity contribution in [2.45, 2.75) is 26.4 Å². The minimum Gasteiger partial charge on any atom is -0.435 e. The van der Waals surface area contributed by atoms with Crippen molar-refractivity contribution in [1.82, 2.24) is 10.3 Å². The van der Waals surface area contributed by atoms with Gasteiger partial charge in [-0.15, -0.1) is 0 Å². The van der Waals surface area contributed by atoms with E-state index in [0.29, 0.717) is 17.9 Å². The molecular weight excluding hydrogens is 323 g/mol. The number of nitrogens with one attached hydrogen (secondary N) is 1. The molecule has 0 fully saturated rings. The van der Waals surface area contributed by atoms with Crippen LogP contribution in [0.25, 0.3) is 0 Å². The van der Waals surface area contributed by atoms with E-state index in [0.717, 1.165) is 4.47 Å². The summed E-state index contributed by atoms with van der Waals surface area (Å²) in [6.07, 6.45) is 1.55. The highest BCUT2D eigenvalue weighted by molar-refractivity contribution is 9.10. The molecule has 0 aliphatic heterocycles. The van der Waals surface area contributed by atoms with Gasteiger partial charge in [-0.25, -0.2) is 9.37 Å². The highest BCUT2D eigenvalue weighted by Gasteiger charge is 2.13. The van der Waals surface area contributed by atoms with E-state index in [1.54, 1.807) is 18.3 Å². The molecule has 0 saturated heterocycles. The zero-order valence-corrected chi connectivity index (χ0v) is 12.9. The van der Waals surface area contributed by atoms with E-state index in [9.17, 15) is 4.39 Å². The Hall–Kier alpha value is -1.46. The Kier molecular flexibility index (Phi) is 5.09. The van der Waals surface area contributed by atoms with E-state index in [1.807, 2.05) is 32.0 Å². The predicted molar refractivity (Wildman–Crippen MR) is 80.4 cm³/mol. The summed E-state index contributed by atoms with van der Waals surface area (Å²) in [4.78, 5) is 3.96. The lowest BCUT2D eigenvalue weighted by atomic mass is 10.2. The number of benzene rings is 1. The molecule has 3 nitrogen and oxygen atoms in total. The normalized spacial score (nSPS) is 10.8. The van der Waals surface area contributed by atoms with Gasteiger partial charge < -0.3 is 10.1 Å². The predicted octanol–water partition coefficient (Wildman–Crippen LogP) is 4.27. The van der Waals surface area contributed by atoms with Crippen LogP contribution in [0.3, 0.4) is 0 Å². The van der Waals surface area contributed by atoms with E-state index >= 15 is 0 Å². The number of pyridine rings is 1. The molecular formula is C15H16BrFN2O. The average Bonchev–Trinajstić information content (AvgIpc) is 2.42. The Labute approximate surface area is 126 Å². The second-order valence-corrected chi connectivity index (χ2v) is 5.51. The molecule has 1 aromatic carbocycles. The number of hydrogen-bond donors (Lipinski definition) is 1. The van der Waals surface area contributed by atoms with Crippen LogP contribution in [0.1, 0.15) is 19.4 Å². The van der Waals surface area contributed by atoms with Crippen molar-refractivity contribution in [3.63, 3.8) is 0 Å². The first-order valence-electron chi connectivity index (χ1n) is 6.37. The highest BCUT2D eigenvalue weighted by atomic mass is 79.9. The summed E-state index contributed by atoms with van der Waals surface area (Å²) in [5.74, 6) is 0.0872. The molecule has 1 heterocycles. The van der Waals surface area contributed by atoms with E-state index < -0.39 is 5.82 Å². The largest absolute Gasteiger partial charge is 0.435 e. The molecule has 0 saturated carbocycles. The van der Waals surface area contributed by atoms with Crippen LogP contribution in [0, 0.1) is 5.82 Å². The van der Waals surface area contributed by atoms with E-state index in [4.69, 9.17) is 4.74 Å². The van der Waals surface area contributed by atoms with E-state index in [-0.39, 0.29) is 11.9 Å². The Morgan fingerprint density at radius 2 is 2.05 bits per heavy atom. The molecule has 0 amide bonds. The van der Waals surface area contributed by atoms with Crippen LogP contribution < -0.4 is 10.1 Å². The number of rotatable bonds is 5. The monoisotopic (exact) mass is 338 g/mol. The first-order chi connectivity index (χ1) is 9.58. The van der Waals surface area contributed by atoms with Crippen molar-refractivity contribution in [3.05, 3.63) is 52.4 Å². The SMILES string of the molecule is CC(C)NCc1ccnc(Oc2ccccc2Br)c1F. The van der Waals surface area contributed by atoms with Crippen LogP contribution in [-0.4, -0.2) is 11.0 Å². The van der Waals surface area contributed by atoms with Crippen LogP contribution in [0.15, 0.2) is 41.0 Å². The number of nitrogens with zero attached hydrogens (tertiary/aromatic N) is 1. The van der Waals surface area contributed by atoms with Crippen molar-refractivity contribution < 1.29 is 9.13 Å². The lowest BCUT2D eigenvalue weighted by Gasteiger charge is -2.12. The van der Waals surface area contributed by atoms with Crippen LogP contribution in [-0.2, 0) is 6.54 Å². The molecule has 0 aliphatic carbocycles. The second kappa shape index (κ2) is 6.81. The van der Waals surface area contributed by atoms with Gasteiger partial charge in [0.2, 0.25) is 0 Å². The zero-order valence-electron chi connectivity index (χ0n) is 11.4.